The van der Waals surface area contributed by atoms with E-state index < -0.39 is 0 Å². The first-order valence-corrected chi connectivity index (χ1v) is 5.58. The van der Waals surface area contributed by atoms with Crippen LogP contribution in [0.3, 0.4) is 0 Å². The molecule has 0 aliphatic carbocycles. The molecule has 2 N–H and O–H groups in total. The maximum absolute atomic E-state index is 6.26. The first kappa shape index (κ1) is 10.1. The zero-order valence-corrected chi connectivity index (χ0v) is 9.32. The molecule has 0 spiro atoms. The highest BCUT2D eigenvalue weighted by atomic mass is 15.3. The second kappa shape index (κ2) is 4.03. The predicted molar refractivity (Wildman–Crippen MR) is 70.4 cm³/mol. The molecule has 1 aliphatic rings. The number of nitrogens with zero attached hydrogens (tertiary/aromatic N) is 2. The SMILES string of the molecule is NC1c2ccccc2N=CN1c1ccccc1. The first-order chi connectivity index (χ1) is 8.36. The molecular weight excluding hydrogens is 210 g/mol. The van der Waals surface area contributed by atoms with E-state index in [2.05, 4.69) is 4.99 Å². The van der Waals surface area contributed by atoms with Crippen LogP contribution >= 0.6 is 0 Å². The molecule has 84 valence electrons. The average molecular weight is 223 g/mol. The molecule has 0 radical (unpaired) electrons. The van der Waals surface area contributed by atoms with Crippen molar-refractivity contribution < 1.29 is 0 Å². The highest BCUT2D eigenvalue weighted by Gasteiger charge is 2.21. The summed E-state index contributed by atoms with van der Waals surface area (Å²) in [6.07, 6.45) is 1.62. The Morgan fingerprint density at radius 2 is 1.65 bits per heavy atom. The number of nitrogens with two attached hydrogens (primary N) is 1. The third-order valence-electron chi connectivity index (χ3n) is 2.93. The summed E-state index contributed by atoms with van der Waals surface area (Å²) in [4.78, 5) is 6.40. The van der Waals surface area contributed by atoms with Crippen LogP contribution in [0.15, 0.2) is 59.6 Å². The van der Waals surface area contributed by atoms with Crippen molar-refractivity contribution in [1.82, 2.24) is 0 Å². The van der Waals surface area contributed by atoms with Crippen LogP contribution in [0.2, 0.25) is 0 Å². The Kier molecular flexibility index (Phi) is 2.38. The second-order valence-corrected chi connectivity index (χ2v) is 3.99. The van der Waals surface area contributed by atoms with E-state index in [-0.39, 0.29) is 6.17 Å². The molecule has 1 unspecified atom stereocenters. The fourth-order valence-corrected chi connectivity index (χ4v) is 2.03. The second-order valence-electron chi connectivity index (χ2n) is 3.99. The summed E-state index contributed by atoms with van der Waals surface area (Å²) < 4.78 is 0. The van der Waals surface area contributed by atoms with E-state index in [1.165, 1.54) is 0 Å². The van der Waals surface area contributed by atoms with Crippen molar-refractivity contribution in [2.75, 3.05) is 4.90 Å². The van der Waals surface area contributed by atoms with E-state index >= 15 is 0 Å². The lowest BCUT2D eigenvalue weighted by atomic mass is 10.1. The van der Waals surface area contributed by atoms with E-state index in [9.17, 15) is 0 Å². The van der Waals surface area contributed by atoms with Crippen LogP contribution in [0.5, 0.6) is 0 Å². The minimum absolute atomic E-state index is 0.175. The van der Waals surface area contributed by atoms with Crippen LogP contribution in [0.1, 0.15) is 11.7 Å². The first-order valence-electron chi connectivity index (χ1n) is 5.58. The third-order valence-corrected chi connectivity index (χ3v) is 2.93. The van der Waals surface area contributed by atoms with Gasteiger partial charge in [0.1, 0.15) is 6.17 Å². The molecule has 2 aromatic rings. The number of rotatable bonds is 1. The molecule has 0 bridgehead atoms. The van der Waals surface area contributed by atoms with Gasteiger partial charge in [0.15, 0.2) is 0 Å². The smallest absolute Gasteiger partial charge is 0.111 e. The van der Waals surface area contributed by atoms with Crippen LogP contribution in [-0.4, -0.2) is 6.34 Å². The largest absolute Gasteiger partial charge is 0.312 e. The standard InChI is InChI=1S/C14H13N3/c15-14-12-8-4-5-9-13(12)16-10-17(14)11-6-2-1-3-7-11/h1-10,14H,15H2. The lowest BCUT2D eigenvalue weighted by Gasteiger charge is -2.30. The summed E-state index contributed by atoms with van der Waals surface area (Å²) in [5, 5.41) is 0. The van der Waals surface area contributed by atoms with Crippen LogP contribution in [-0.2, 0) is 0 Å². The number of hydrogen-bond donors (Lipinski definition) is 1. The summed E-state index contributed by atoms with van der Waals surface area (Å²) in [7, 11) is 0. The fraction of sp³-hybridized carbons (Fsp3) is 0.0714. The maximum atomic E-state index is 6.26. The Morgan fingerprint density at radius 1 is 0.941 bits per heavy atom. The van der Waals surface area contributed by atoms with Gasteiger partial charge in [0, 0.05) is 11.3 Å². The van der Waals surface area contributed by atoms with Gasteiger partial charge in [0.2, 0.25) is 0 Å². The van der Waals surface area contributed by atoms with Gasteiger partial charge in [-0.15, -0.1) is 0 Å². The molecule has 0 fully saturated rings. The average Bonchev–Trinajstić information content (AvgIpc) is 2.40. The molecule has 3 nitrogen and oxygen atoms in total. The molecule has 0 saturated carbocycles. The van der Waals surface area contributed by atoms with E-state index in [1.54, 1.807) is 6.34 Å². The topological polar surface area (TPSA) is 41.6 Å². The van der Waals surface area contributed by atoms with Crippen LogP contribution in [0.4, 0.5) is 11.4 Å². The van der Waals surface area contributed by atoms with E-state index in [4.69, 9.17) is 5.73 Å². The molecule has 2 aromatic carbocycles. The van der Waals surface area contributed by atoms with E-state index in [0.29, 0.717) is 0 Å². The Labute approximate surface area is 100 Å². The number of benzene rings is 2. The van der Waals surface area contributed by atoms with Gasteiger partial charge >= 0.3 is 0 Å². The summed E-state index contributed by atoms with van der Waals surface area (Å²) >= 11 is 0. The minimum atomic E-state index is -0.175. The van der Waals surface area contributed by atoms with Gasteiger partial charge in [-0.25, -0.2) is 4.99 Å². The molecule has 1 heterocycles. The molecule has 0 saturated heterocycles. The van der Waals surface area contributed by atoms with Crippen molar-refractivity contribution in [2.24, 2.45) is 10.7 Å². The number of hydrogen-bond acceptors (Lipinski definition) is 3. The normalized spacial score (nSPS) is 17.9. The predicted octanol–water partition coefficient (Wildman–Crippen LogP) is 2.82. The number of para-hydroxylation sites is 2. The van der Waals surface area contributed by atoms with Crippen molar-refractivity contribution in [2.45, 2.75) is 6.17 Å². The third kappa shape index (κ3) is 1.70. The zero-order chi connectivity index (χ0) is 11.7. The van der Waals surface area contributed by atoms with Crippen molar-refractivity contribution in [3.05, 3.63) is 60.2 Å². The lowest BCUT2D eigenvalue weighted by molar-refractivity contribution is 0.750. The highest BCUT2D eigenvalue weighted by molar-refractivity contribution is 5.85. The molecular formula is C14H13N3. The molecule has 0 aromatic heterocycles. The van der Waals surface area contributed by atoms with Crippen molar-refractivity contribution in [1.29, 1.82) is 0 Å². The Morgan fingerprint density at radius 3 is 2.47 bits per heavy atom. The summed E-state index contributed by atoms with van der Waals surface area (Å²) in [6.45, 7) is 0. The molecule has 0 amide bonds. The van der Waals surface area contributed by atoms with Gasteiger partial charge in [0.05, 0.1) is 12.0 Å². The van der Waals surface area contributed by atoms with Gasteiger partial charge in [-0.05, 0) is 18.2 Å². The van der Waals surface area contributed by atoms with Crippen LogP contribution in [0.25, 0.3) is 0 Å². The van der Waals surface area contributed by atoms with Gasteiger partial charge in [0.25, 0.3) is 0 Å². The summed E-state index contributed by atoms with van der Waals surface area (Å²) in [5.74, 6) is 0. The zero-order valence-electron chi connectivity index (χ0n) is 9.32. The quantitative estimate of drug-likeness (QED) is 0.807. The van der Waals surface area contributed by atoms with Crippen molar-refractivity contribution in [3.8, 4) is 0 Å². The number of aliphatic imine (C=N–C) groups is 1. The monoisotopic (exact) mass is 223 g/mol. The molecule has 3 heteroatoms. The van der Waals surface area contributed by atoms with Crippen LogP contribution < -0.4 is 10.6 Å². The van der Waals surface area contributed by atoms with E-state index in [1.807, 2.05) is 59.5 Å². The maximum Gasteiger partial charge on any atom is 0.111 e. The van der Waals surface area contributed by atoms with Gasteiger partial charge in [-0.1, -0.05) is 36.4 Å². The van der Waals surface area contributed by atoms with Crippen LogP contribution in [0, 0.1) is 0 Å². The van der Waals surface area contributed by atoms with Crippen molar-refractivity contribution in [3.63, 3.8) is 0 Å². The van der Waals surface area contributed by atoms with Gasteiger partial charge < -0.3 is 10.6 Å². The Hall–Kier alpha value is -2.13. The molecule has 1 atom stereocenters. The molecule has 1 aliphatic heterocycles. The summed E-state index contributed by atoms with van der Waals surface area (Å²) in [5.41, 5.74) is 9.32. The van der Waals surface area contributed by atoms with E-state index in [0.717, 1.165) is 16.9 Å². The van der Waals surface area contributed by atoms with Gasteiger partial charge in [-0.2, -0.15) is 0 Å². The minimum Gasteiger partial charge on any atom is -0.312 e. The lowest BCUT2D eigenvalue weighted by Crippen LogP contribution is -2.35. The Balaban J connectivity index is 2.03. The fourth-order valence-electron chi connectivity index (χ4n) is 2.03. The number of anilines is 1. The molecule has 3 rings (SSSR count). The summed E-state index contributed by atoms with van der Waals surface area (Å²) in [6, 6.07) is 18.0. The van der Waals surface area contributed by atoms with Crippen molar-refractivity contribution >= 4 is 17.7 Å². The number of fused-ring (bicyclic) bond motifs is 1. The van der Waals surface area contributed by atoms with Gasteiger partial charge in [-0.3, -0.25) is 0 Å². The Bertz CT molecular complexity index is 548. The highest BCUT2D eigenvalue weighted by Crippen LogP contribution is 2.32. The molecule has 17 heavy (non-hydrogen) atoms.